The Labute approximate surface area is 149 Å². The van der Waals surface area contributed by atoms with Crippen LogP contribution in [-0.4, -0.2) is 11.6 Å². The van der Waals surface area contributed by atoms with Crippen molar-refractivity contribution in [3.05, 3.63) is 0 Å². The molecule has 24 heavy (non-hydrogen) atoms. The predicted molar refractivity (Wildman–Crippen MR) is 98.8 cm³/mol. The third-order valence-electron chi connectivity index (χ3n) is 7.70. The van der Waals surface area contributed by atoms with Crippen LogP contribution in [-0.2, 0) is 9.53 Å². The molecule has 2 bridgehead atoms. The fourth-order valence-corrected chi connectivity index (χ4v) is 6.00. The fourth-order valence-electron chi connectivity index (χ4n) is 6.00. The number of unbranched alkanes of at least 4 members (excludes halogenated alkanes) is 1. The van der Waals surface area contributed by atoms with E-state index in [2.05, 4.69) is 13.8 Å². The highest BCUT2D eigenvalue weighted by Crippen LogP contribution is 2.60. The minimum absolute atomic E-state index is 0.0448. The minimum Gasteiger partial charge on any atom is -0.459 e. The highest BCUT2D eigenvalue weighted by atomic mass is 16.6. The van der Waals surface area contributed by atoms with Gasteiger partial charge in [-0.25, -0.2) is 0 Å². The lowest BCUT2D eigenvalue weighted by molar-refractivity contribution is -0.182. The van der Waals surface area contributed by atoms with Crippen molar-refractivity contribution in [1.82, 2.24) is 0 Å². The molecule has 0 amide bonds. The zero-order chi connectivity index (χ0) is 17.0. The predicted octanol–water partition coefficient (Wildman–Crippen LogP) is 6.42. The van der Waals surface area contributed by atoms with Crippen LogP contribution >= 0.6 is 0 Å². The van der Waals surface area contributed by atoms with Crippen molar-refractivity contribution in [2.45, 2.75) is 116 Å². The lowest BCUT2D eigenvalue weighted by Gasteiger charge is -2.56. The number of rotatable bonds is 7. The molecule has 4 aliphatic rings. The summed E-state index contributed by atoms with van der Waals surface area (Å²) < 4.78 is 5.96. The van der Waals surface area contributed by atoms with Crippen molar-refractivity contribution in [2.24, 2.45) is 17.3 Å². The van der Waals surface area contributed by atoms with Crippen molar-refractivity contribution in [3.8, 4) is 0 Å². The van der Waals surface area contributed by atoms with Crippen LogP contribution in [0.25, 0.3) is 0 Å². The van der Waals surface area contributed by atoms with E-state index in [9.17, 15) is 4.79 Å². The Balaban J connectivity index is 1.51. The summed E-state index contributed by atoms with van der Waals surface area (Å²) in [5.41, 5.74) is 0.529. The second-order valence-electron chi connectivity index (χ2n) is 9.13. The first kappa shape index (κ1) is 18.3. The quantitative estimate of drug-likeness (QED) is 0.502. The zero-order valence-electron chi connectivity index (χ0n) is 16.1. The Morgan fingerprint density at radius 2 is 1.54 bits per heavy atom. The molecule has 0 N–H and O–H groups in total. The summed E-state index contributed by atoms with van der Waals surface area (Å²) in [4.78, 5) is 12.0. The van der Waals surface area contributed by atoms with Crippen molar-refractivity contribution in [1.29, 1.82) is 0 Å². The van der Waals surface area contributed by atoms with Gasteiger partial charge in [-0.3, -0.25) is 4.79 Å². The lowest BCUT2D eigenvalue weighted by Crippen LogP contribution is -2.51. The number of fused-ring (bicyclic) bond motifs is 3. The molecule has 4 aliphatic carbocycles. The molecule has 0 unspecified atom stereocenters. The van der Waals surface area contributed by atoms with Gasteiger partial charge in [0.05, 0.1) is 0 Å². The van der Waals surface area contributed by atoms with Crippen LogP contribution in [0.3, 0.4) is 0 Å². The molecule has 0 aromatic rings. The van der Waals surface area contributed by atoms with E-state index in [1.165, 1.54) is 64.2 Å². The summed E-state index contributed by atoms with van der Waals surface area (Å²) >= 11 is 0. The fraction of sp³-hybridized carbons (Fsp3) is 0.955. The molecular formula is C22H38O2. The summed E-state index contributed by atoms with van der Waals surface area (Å²) in [5.74, 6) is 2.02. The highest BCUT2D eigenvalue weighted by Gasteiger charge is 2.53. The topological polar surface area (TPSA) is 26.3 Å². The number of ether oxygens (including phenoxy) is 1. The van der Waals surface area contributed by atoms with Crippen LogP contribution in [0.4, 0.5) is 0 Å². The third-order valence-corrected chi connectivity index (χ3v) is 7.70. The molecule has 0 atom stereocenters. The standard InChI is InChI=1S/C22H38O2/c1-3-5-7-18-8-10-19(11-9-18)21-12-15-22(16-13-21,17-14-21)24-20(23)6-4-2/h18-19H,3-17H2,1-2H3/t18-,19-,21?,22?. The first-order valence-electron chi connectivity index (χ1n) is 10.8. The molecule has 0 aromatic carbocycles. The van der Waals surface area contributed by atoms with Gasteiger partial charge in [-0.15, -0.1) is 0 Å². The molecule has 0 aliphatic heterocycles. The van der Waals surface area contributed by atoms with Gasteiger partial charge in [0, 0.05) is 6.42 Å². The van der Waals surface area contributed by atoms with Crippen molar-refractivity contribution < 1.29 is 9.53 Å². The summed E-state index contributed by atoms with van der Waals surface area (Å²) in [5, 5.41) is 0. The Kier molecular flexibility index (Phi) is 5.93. The molecule has 0 aromatic heterocycles. The first-order chi connectivity index (χ1) is 11.6. The molecule has 138 valence electrons. The van der Waals surface area contributed by atoms with Crippen molar-refractivity contribution in [2.75, 3.05) is 0 Å². The largest absolute Gasteiger partial charge is 0.459 e. The highest BCUT2D eigenvalue weighted by molar-refractivity contribution is 5.69. The molecule has 2 nitrogen and oxygen atoms in total. The monoisotopic (exact) mass is 334 g/mol. The van der Waals surface area contributed by atoms with E-state index in [0.717, 1.165) is 37.5 Å². The Hall–Kier alpha value is -0.530. The van der Waals surface area contributed by atoms with E-state index < -0.39 is 0 Å². The lowest BCUT2D eigenvalue weighted by atomic mass is 9.51. The Morgan fingerprint density at radius 1 is 0.917 bits per heavy atom. The average molecular weight is 335 g/mol. The molecule has 4 fully saturated rings. The normalized spacial score (nSPS) is 38.9. The maximum absolute atomic E-state index is 12.0. The van der Waals surface area contributed by atoms with E-state index >= 15 is 0 Å². The van der Waals surface area contributed by atoms with E-state index in [0.29, 0.717) is 11.8 Å². The van der Waals surface area contributed by atoms with Crippen LogP contribution in [0.2, 0.25) is 0 Å². The summed E-state index contributed by atoms with van der Waals surface area (Å²) in [6.07, 6.45) is 19.0. The van der Waals surface area contributed by atoms with Gasteiger partial charge >= 0.3 is 5.97 Å². The van der Waals surface area contributed by atoms with Crippen LogP contribution in [0, 0.1) is 17.3 Å². The van der Waals surface area contributed by atoms with Gasteiger partial charge in [0.1, 0.15) is 5.60 Å². The average Bonchev–Trinajstić information content (AvgIpc) is 2.62. The van der Waals surface area contributed by atoms with Gasteiger partial charge in [0.25, 0.3) is 0 Å². The minimum atomic E-state index is -0.0771. The molecule has 0 heterocycles. The van der Waals surface area contributed by atoms with Crippen LogP contribution in [0.15, 0.2) is 0 Å². The van der Waals surface area contributed by atoms with Crippen molar-refractivity contribution >= 4 is 5.97 Å². The molecule has 0 saturated heterocycles. The maximum atomic E-state index is 12.0. The van der Waals surface area contributed by atoms with Gasteiger partial charge in [0.2, 0.25) is 0 Å². The number of hydrogen-bond acceptors (Lipinski definition) is 2. The van der Waals surface area contributed by atoms with Gasteiger partial charge in [-0.05, 0) is 75.0 Å². The van der Waals surface area contributed by atoms with Gasteiger partial charge in [-0.2, -0.15) is 0 Å². The molecule has 0 spiro atoms. The number of esters is 1. The van der Waals surface area contributed by atoms with E-state index in [4.69, 9.17) is 4.74 Å². The summed E-state index contributed by atoms with van der Waals surface area (Å²) in [6, 6.07) is 0. The van der Waals surface area contributed by atoms with Crippen molar-refractivity contribution in [3.63, 3.8) is 0 Å². The first-order valence-corrected chi connectivity index (χ1v) is 10.8. The van der Waals surface area contributed by atoms with Crippen LogP contribution in [0.1, 0.15) is 110 Å². The second-order valence-corrected chi connectivity index (χ2v) is 9.13. The van der Waals surface area contributed by atoms with E-state index in [-0.39, 0.29) is 11.6 Å². The van der Waals surface area contributed by atoms with Gasteiger partial charge in [-0.1, -0.05) is 46.0 Å². The summed E-state index contributed by atoms with van der Waals surface area (Å²) in [6.45, 7) is 4.37. The molecule has 4 saturated carbocycles. The number of hydrogen-bond donors (Lipinski definition) is 0. The Bertz CT molecular complexity index is 395. The molecule has 0 radical (unpaired) electrons. The van der Waals surface area contributed by atoms with Crippen LogP contribution < -0.4 is 0 Å². The van der Waals surface area contributed by atoms with Gasteiger partial charge < -0.3 is 4.74 Å². The Morgan fingerprint density at radius 3 is 2.08 bits per heavy atom. The SMILES string of the molecule is CCCC[C@H]1CC[C@H](C23CCC(OC(=O)CCC)(CC2)CC3)CC1. The number of carbonyl (C=O) groups excluding carboxylic acids is 1. The molecule has 2 heteroatoms. The zero-order valence-corrected chi connectivity index (χ0v) is 16.1. The van der Waals surface area contributed by atoms with E-state index in [1.807, 2.05) is 0 Å². The van der Waals surface area contributed by atoms with Crippen LogP contribution in [0.5, 0.6) is 0 Å². The molecule has 4 rings (SSSR count). The smallest absolute Gasteiger partial charge is 0.306 e. The number of carbonyl (C=O) groups is 1. The second kappa shape index (κ2) is 7.79. The summed E-state index contributed by atoms with van der Waals surface area (Å²) in [7, 11) is 0. The maximum Gasteiger partial charge on any atom is 0.306 e. The van der Waals surface area contributed by atoms with E-state index in [1.54, 1.807) is 0 Å². The molecular weight excluding hydrogens is 296 g/mol. The van der Waals surface area contributed by atoms with Gasteiger partial charge in [0.15, 0.2) is 0 Å². The third kappa shape index (κ3) is 3.83.